The minimum atomic E-state index is -0.475. The summed E-state index contributed by atoms with van der Waals surface area (Å²) in [5, 5.41) is 10.5. The van der Waals surface area contributed by atoms with Gasteiger partial charge in [0.1, 0.15) is 5.78 Å². The van der Waals surface area contributed by atoms with Crippen LogP contribution in [0.4, 0.5) is 0 Å². The van der Waals surface area contributed by atoms with Crippen molar-refractivity contribution in [3.63, 3.8) is 0 Å². The summed E-state index contributed by atoms with van der Waals surface area (Å²) in [6.07, 6.45) is 1.60. The number of carbonyl (C=O) groups excluding carboxylic acids is 1. The normalized spacial score (nSPS) is 10.7. The van der Waals surface area contributed by atoms with Crippen LogP contribution >= 0.6 is 11.3 Å². The predicted molar refractivity (Wildman–Crippen MR) is 73.4 cm³/mol. The summed E-state index contributed by atoms with van der Waals surface area (Å²) in [4.78, 5) is 15.4. The average Bonchev–Trinajstić information content (AvgIpc) is 2.82. The number of hydrogen-bond donors (Lipinski definition) is 1. The molecule has 1 atom stereocenters. The van der Waals surface area contributed by atoms with E-state index in [0.717, 1.165) is 10.6 Å². The van der Waals surface area contributed by atoms with E-state index in [-0.39, 0.29) is 32.3 Å². The molecular formula is C14H16IrNO2S-. The molecule has 2 aromatic heterocycles. The Morgan fingerprint density at radius 2 is 2.26 bits per heavy atom. The van der Waals surface area contributed by atoms with E-state index in [4.69, 9.17) is 5.11 Å². The van der Waals surface area contributed by atoms with Crippen LogP contribution in [-0.2, 0) is 24.9 Å². The molecule has 0 fully saturated rings. The number of carbonyl (C=O) groups is 1. The Kier molecular flexibility index (Phi) is 9.52. The van der Waals surface area contributed by atoms with E-state index >= 15 is 0 Å². The van der Waals surface area contributed by atoms with Crippen LogP contribution in [0.2, 0.25) is 0 Å². The number of rotatable bonds is 3. The molecule has 2 heterocycles. The number of aromatic nitrogens is 1. The molecule has 2 aromatic rings. The largest absolute Gasteiger partial charge is 0.393 e. The second kappa shape index (κ2) is 9.98. The molecule has 0 saturated carbocycles. The first-order valence-corrected chi connectivity index (χ1v) is 6.51. The van der Waals surface area contributed by atoms with Crippen LogP contribution in [-0.4, -0.2) is 22.0 Å². The van der Waals surface area contributed by atoms with Crippen molar-refractivity contribution in [3.8, 4) is 10.6 Å². The zero-order valence-electron chi connectivity index (χ0n) is 10.8. The van der Waals surface area contributed by atoms with Gasteiger partial charge in [0.15, 0.2) is 0 Å². The fourth-order valence-electron chi connectivity index (χ4n) is 1.29. The van der Waals surface area contributed by atoms with E-state index in [1.165, 1.54) is 6.92 Å². The number of nitrogens with zero attached hydrogens (tertiary/aromatic N) is 1. The van der Waals surface area contributed by atoms with E-state index in [1.807, 2.05) is 29.6 Å². The van der Waals surface area contributed by atoms with Gasteiger partial charge in [0, 0.05) is 32.7 Å². The van der Waals surface area contributed by atoms with Crippen molar-refractivity contribution in [2.45, 2.75) is 26.4 Å². The molecule has 0 aliphatic rings. The third-order valence-corrected chi connectivity index (χ3v) is 2.78. The van der Waals surface area contributed by atoms with E-state index in [9.17, 15) is 4.79 Å². The molecule has 0 spiro atoms. The maximum absolute atomic E-state index is 10.1. The van der Waals surface area contributed by atoms with Gasteiger partial charge in [0.25, 0.3) is 0 Å². The van der Waals surface area contributed by atoms with Gasteiger partial charge in [0.05, 0.1) is 6.10 Å². The Morgan fingerprint density at radius 3 is 2.63 bits per heavy atom. The molecule has 1 radical (unpaired) electrons. The zero-order valence-corrected chi connectivity index (χ0v) is 14.0. The summed E-state index contributed by atoms with van der Waals surface area (Å²) >= 11 is 1.66. The summed E-state index contributed by atoms with van der Waals surface area (Å²) < 4.78 is 0. The number of thiophene rings is 1. The number of hydrogen-bond acceptors (Lipinski definition) is 4. The van der Waals surface area contributed by atoms with E-state index in [1.54, 1.807) is 24.5 Å². The zero-order chi connectivity index (χ0) is 13.4. The second-order valence-electron chi connectivity index (χ2n) is 3.86. The van der Waals surface area contributed by atoms with Crippen molar-refractivity contribution >= 4 is 17.1 Å². The molecular weight excluding hydrogens is 438 g/mol. The van der Waals surface area contributed by atoms with Crippen LogP contribution < -0.4 is 0 Å². The number of aliphatic hydroxyl groups excluding tert-OH is 1. The Bertz CT molecular complexity index is 458. The molecule has 5 heteroatoms. The SMILES string of the molecule is CC(=O)CC(C)O.[Ir].[c-]1ccsc1-c1ccccn1. The Balaban J connectivity index is 0.000000360. The van der Waals surface area contributed by atoms with E-state index < -0.39 is 6.10 Å². The molecule has 0 bridgehead atoms. The molecule has 0 aromatic carbocycles. The van der Waals surface area contributed by atoms with E-state index in [2.05, 4.69) is 11.1 Å². The van der Waals surface area contributed by atoms with Gasteiger partial charge in [-0.25, -0.2) is 11.3 Å². The molecule has 19 heavy (non-hydrogen) atoms. The predicted octanol–water partition coefficient (Wildman–Crippen LogP) is 2.95. The molecule has 105 valence electrons. The van der Waals surface area contributed by atoms with Crippen LogP contribution in [0.25, 0.3) is 10.6 Å². The molecule has 1 N–H and O–H groups in total. The summed E-state index contributed by atoms with van der Waals surface area (Å²) in [7, 11) is 0. The summed E-state index contributed by atoms with van der Waals surface area (Å²) in [6, 6.07) is 10.9. The molecule has 0 aliphatic heterocycles. The number of Topliss-reactive ketones (excluding diaryl/α,β-unsaturated/α-hetero) is 1. The quantitative estimate of drug-likeness (QED) is 0.726. The van der Waals surface area contributed by atoms with Crippen molar-refractivity contribution in [1.29, 1.82) is 0 Å². The van der Waals surface area contributed by atoms with Gasteiger partial charge in [-0.2, -0.15) is 12.1 Å². The smallest absolute Gasteiger partial charge is 0.132 e. The molecule has 0 aliphatic carbocycles. The minimum Gasteiger partial charge on any atom is -0.393 e. The Hall–Kier alpha value is -0.871. The maximum atomic E-state index is 10.1. The van der Waals surface area contributed by atoms with Crippen LogP contribution in [0.5, 0.6) is 0 Å². The first-order chi connectivity index (χ1) is 8.59. The molecule has 3 nitrogen and oxygen atoms in total. The van der Waals surface area contributed by atoms with Gasteiger partial charge >= 0.3 is 0 Å². The van der Waals surface area contributed by atoms with Crippen molar-refractivity contribution in [2.24, 2.45) is 0 Å². The third kappa shape index (κ3) is 8.01. The van der Waals surface area contributed by atoms with Crippen molar-refractivity contribution in [3.05, 3.63) is 41.9 Å². The Morgan fingerprint density at radius 1 is 1.53 bits per heavy atom. The number of pyridine rings is 1. The summed E-state index contributed by atoms with van der Waals surface area (Å²) in [5.41, 5.74) is 1.00. The van der Waals surface area contributed by atoms with Gasteiger partial charge in [-0.15, -0.1) is 5.38 Å². The van der Waals surface area contributed by atoms with Crippen molar-refractivity contribution < 1.29 is 30.0 Å². The number of ketones is 1. The van der Waals surface area contributed by atoms with Crippen molar-refractivity contribution in [1.82, 2.24) is 4.98 Å². The van der Waals surface area contributed by atoms with Gasteiger partial charge in [-0.3, -0.25) is 4.79 Å². The van der Waals surface area contributed by atoms with Crippen LogP contribution in [0.1, 0.15) is 20.3 Å². The monoisotopic (exact) mass is 455 g/mol. The minimum absolute atomic E-state index is 0. The standard InChI is InChI=1S/C9H6NS.C5H10O2.Ir/c1-2-6-10-8(4-1)9-5-3-7-11-9;1-4(6)3-5(2)7;/h1-4,6-7H;4,6H,3H2,1-2H3;/q-1;;. The molecule has 0 amide bonds. The van der Waals surface area contributed by atoms with Crippen LogP contribution in [0.3, 0.4) is 0 Å². The Labute approximate surface area is 131 Å². The van der Waals surface area contributed by atoms with Gasteiger partial charge < -0.3 is 10.1 Å². The van der Waals surface area contributed by atoms with Crippen LogP contribution in [0.15, 0.2) is 35.8 Å². The fraction of sp³-hybridized carbons (Fsp3) is 0.286. The van der Waals surface area contributed by atoms with Gasteiger partial charge in [0.2, 0.25) is 0 Å². The van der Waals surface area contributed by atoms with Crippen molar-refractivity contribution in [2.75, 3.05) is 0 Å². The molecule has 2 rings (SSSR count). The van der Waals surface area contributed by atoms with Gasteiger partial charge in [-0.1, -0.05) is 17.0 Å². The second-order valence-corrected chi connectivity index (χ2v) is 4.78. The summed E-state index contributed by atoms with van der Waals surface area (Å²) in [5.74, 6) is 0.0370. The number of aliphatic hydroxyl groups is 1. The first kappa shape index (κ1) is 18.1. The molecule has 1 unspecified atom stereocenters. The third-order valence-electron chi connectivity index (χ3n) is 1.95. The maximum Gasteiger partial charge on any atom is 0.132 e. The summed E-state index contributed by atoms with van der Waals surface area (Å²) in [6.45, 7) is 3.06. The van der Waals surface area contributed by atoms with Gasteiger partial charge in [-0.05, 0) is 25.6 Å². The fourth-order valence-corrected chi connectivity index (χ4v) is 1.94. The topological polar surface area (TPSA) is 50.2 Å². The van der Waals surface area contributed by atoms with E-state index in [0.29, 0.717) is 0 Å². The molecule has 0 saturated heterocycles. The van der Waals surface area contributed by atoms with Crippen LogP contribution in [0, 0.1) is 6.07 Å². The average molecular weight is 455 g/mol. The first-order valence-electron chi connectivity index (χ1n) is 5.63.